The Morgan fingerprint density at radius 3 is 2.00 bits per heavy atom. The Bertz CT molecular complexity index is 454. The molecule has 0 saturated heterocycles. The summed E-state index contributed by atoms with van der Waals surface area (Å²) in [6, 6.07) is 0. The van der Waals surface area contributed by atoms with Crippen LogP contribution in [-0.2, 0) is 13.7 Å². The van der Waals surface area contributed by atoms with Crippen molar-refractivity contribution >= 4 is 15.2 Å². The molecule has 0 heterocycles. The maximum absolute atomic E-state index is 12.5. The van der Waals surface area contributed by atoms with E-state index in [2.05, 4.69) is 6.92 Å². The number of hydrogen-bond donors (Lipinski definition) is 3. The van der Waals surface area contributed by atoms with E-state index < -0.39 is 27.0 Å². The van der Waals surface area contributed by atoms with Gasteiger partial charge in [-0.1, -0.05) is 60.8 Å². The second kappa shape index (κ2) is 9.85. The summed E-state index contributed by atoms with van der Waals surface area (Å²) in [6.07, 6.45) is 3.95. The van der Waals surface area contributed by atoms with Crippen molar-refractivity contribution in [2.45, 2.75) is 79.5 Å². The maximum atomic E-state index is 12.5. The van der Waals surface area contributed by atoms with Gasteiger partial charge in [-0.3, -0.25) is 13.7 Å². The quantitative estimate of drug-likeness (QED) is 0.433. The predicted molar refractivity (Wildman–Crippen MR) is 98.2 cm³/mol. The molecule has 0 aromatic carbocycles. The van der Waals surface area contributed by atoms with Gasteiger partial charge in [0, 0.05) is 0 Å². The largest absolute Gasteiger partial charge is 0.354 e. The molecule has 4 atom stereocenters. The van der Waals surface area contributed by atoms with E-state index in [9.17, 15) is 23.8 Å². The van der Waals surface area contributed by atoms with Crippen molar-refractivity contribution in [3.8, 4) is 0 Å². The highest BCUT2D eigenvalue weighted by molar-refractivity contribution is 7.56. The Morgan fingerprint density at radius 2 is 1.62 bits per heavy atom. The molecule has 8 heteroatoms. The smallest absolute Gasteiger partial charge is 0.324 e. The van der Waals surface area contributed by atoms with E-state index >= 15 is 0 Å². The van der Waals surface area contributed by atoms with Crippen molar-refractivity contribution in [1.29, 1.82) is 0 Å². The minimum absolute atomic E-state index is 0.0242. The van der Waals surface area contributed by atoms with Crippen LogP contribution in [-0.4, -0.2) is 26.7 Å². The van der Waals surface area contributed by atoms with Crippen LogP contribution in [0.4, 0.5) is 0 Å². The first-order valence-electron chi connectivity index (χ1n) is 8.77. The van der Waals surface area contributed by atoms with Crippen molar-refractivity contribution < 1.29 is 28.3 Å². The molecule has 0 aliphatic carbocycles. The fourth-order valence-electron chi connectivity index (χ4n) is 3.02. The molecular formula is C16H36O6P2. The molecular weight excluding hydrogens is 350 g/mol. The van der Waals surface area contributed by atoms with Crippen molar-refractivity contribution in [1.82, 2.24) is 0 Å². The van der Waals surface area contributed by atoms with E-state index in [4.69, 9.17) is 4.52 Å². The Hall–Kier alpha value is 0.300. The molecule has 0 saturated carbocycles. The molecule has 6 nitrogen and oxygen atoms in total. The van der Waals surface area contributed by atoms with Crippen molar-refractivity contribution in [3.63, 3.8) is 0 Å². The lowest BCUT2D eigenvalue weighted by Gasteiger charge is -2.31. The zero-order valence-electron chi connectivity index (χ0n) is 15.9. The monoisotopic (exact) mass is 386 g/mol. The van der Waals surface area contributed by atoms with E-state index in [-0.39, 0.29) is 17.5 Å². The third-order valence-corrected chi connectivity index (χ3v) is 7.04. The summed E-state index contributed by atoms with van der Waals surface area (Å²) >= 11 is 0. The van der Waals surface area contributed by atoms with Crippen LogP contribution in [0.2, 0.25) is 0 Å². The van der Waals surface area contributed by atoms with Crippen LogP contribution in [0.1, 0.15) is 73.6 Å². The van der Waals surface area contributed by atoms with Crippen LogP contribution < -0.4 is 0 Å². The summed E-state index contributed by atoms with van der Waals surface area (Å²) in [4.78, 5) is 29.4. The van der Waals surface area contributed by atoms with Gasteiger partial charge >= 0.3 is 15.2 Å². The standard InChI is InChI=1S/C16H36O6P2/c1-7-9-10-14(8-2)12-23(17,18)22-15(24(19,20)21)13(3)11-16(4,5)6/h13-15H,7-12H2,1-6H3,(H,17,18)(H2,19,20,21). The van der Waals surface area contributed by atoms with Crippen LogP contribution in [0.3, 0.4) is 0 Å². The fraction of sp³-hybridized carbons (Fsp3) is 1.00. The average molecular weight is 386 g/mol. The molecule has 146 valence electrons. The molecule has 0 fully saturated rings. The Kier molecular flexibility index (Phi) is 9.97. The summed E-state index contributed by atoms with van der Waals surface area (Å²) in [5.41, 5.74) is -0.164. The topological polar surface area (TPSA) is 104 Å². The summed E-state index contributed by atoms with van der Waals surface area (Å²) in [5.74, 6) is -2.05. The third kappa shape index (κ3) is 10.3. The van der Waals surface area contributed by atoms with Crippen molar-refractivity contribution in [2.75, 3.05) is 6.16 Å². The lowest BCUT2D eigenvalue weighted by Crippen LogP contribution is -2.26. The van der Waals surface area contributed by atoms with Gasteiger partial charge in [0.1, 0.15) is 0 Å². The van der Waals surface area contributed by atoms with Crippen LogP contribution in [0.15, 0.2) is 0 Å². The maximum Gasteiger partial charge on any atom is 0.354 e. The van der Waals surface area contributed by atoms with E-state index in [1.165, 1.54) is 0 Å². The Morgan fingerprint density at radius 1 is 1.08 bits per heavy atom. The van der Waals surface area contributed by atoms with Gasteiger partial charge in [-0.15, -0.1) is 0 Å². The van der Waals surface area contributed by atoms with Crippen molar-refractivity contribution in [2.24, 2.45) is 17.3 Å². The van der Waals surface area contributed by atoms with Crippen LogP contribution >= 0.6 is 15.2 Å². The molecule has 24 heavy (non-hydrogen) atoms. The normalized spacial score (nSPS) is 19.5. The Balaban J connectivity index is 5.12. The molecule has 4 unspecified atom stereocenters. The lowest BCUT2D eigenvalue weighted by molar-refractivity contribution is 0.128. The van der Waals surface area contributed by atoms with E-state index in [1.807, 2.05) is 27.7 Å². The van der Waals surface area contributed by atoms with Crippen LogP contribution in [0, 0.1) is 17.3 Å². The predicted octanol–water partition coefficient (Wildman–Crippen LogP) is 4.98. The molecule has 0 aliphatic heterocycles. The highest BCUT2D eigenvalue weighted by Gasteiger charge is 2.41. The molecule has 0 aromatic heterocycles. The minimum Gasteiger partial charge on any atom is -0.324 e. The van der Waals surface area contributed by atoms with Gasteiger partial charge in [-0.2, -0.15) is 0 Å². The fourth-order valence-corrected chi connectivity index (χ4v) is 6.45. The van der Waals surface area contributed by atoms with Gasteiger partial charge in [0.15, 0.2) is 5.85 Å². The molecule has 0 amide bonds. The molecule has 0 aromatic rings. The van der Waals surface area contributed by atoms with Gasteiger partial charge < -0.3 is 14.7 Å². The highest BCUT2D eigenvalue weighted by Crippen LogP contribution is 2.57. The van der Waals surface area contributed by atoms with Gasteiger partial charge in [0.05, 0.1) is 6.16 Å². The highest BCUT2D eigenvalue weighted by atomic mass is 31.2. The third-order valence-electron chi connectivity index (χ3n) is 4.06. The summed E-state index contributed by atoms with van der Waals surface area (Å²) in [5, 5.41) is 0. The Labute approximate surface area is 147 Å². The van der Waals surface area contributed by atoms with E-state index in [1.54, 1.807) is 6.92 Å². The first-order chi connectivity index (χ1) is 10.7. The van der Waals surface area contributed by atoms with Crippen LogP contribution in [0.5, 0.6) is 0 Å². The van der Waals surface area contributed by atoms with Crippen molar-refractivity contribution in [3.05, 3.63) is 0 Å². The summed E-state index contributed by atoms with van der Waals surface area (Å²) < 4.78 is 29.4. The SMILES string of the molecule is CCCCC(CC)CP(=O)(O)OC(C(C)CC(C)(C)C)P(=O)(O)O. The number of unbranched alkanes of at least 4 members (excludes halogenated alkanes) is 1. The number of hydrogen-bond acceptors (Lipinski definition) is 3. The van der Waals surface area contributed by atoms with Gasteiger partial charge in [0.25, 0.3) is 0 Å². The minimum atomic E-state index is -4.64. The second-order valence-corrected chi connectivity index (χ2v) is 11.6. The zero-order valence-corrected chi connectivity index (χ0v) is 17.7. The lowest BCUT2D eigenvalue weighted by atomic mass is 9.86. The first-order valence-corrected chi connectivity index (χ1v) is 12.2. The molecule has 0 aliphatic rings. The molecule has 0 bridgehead atoms. The number of rotatable bonds is 11. The van der Waals surface area contributed by atoms with E-state index in [0.29, 0.717) is 6.42 Å². The zero-order chi connectivity index (χ0) is 19.2. The van der Waals surface area contributed by atoms with Gasteiger partial charge in [0.2, 0.25) is 0 Å². The first kappa shape index (κ1) is 24.3. The van der Waals surface area contributed by atoms with E-state index in [0.717, 1.165) is 25.7 Å². The molecule has 0 spiro atoms. The van der Waals surface area contributed by atoms with Gasteiger partial charge in [-0.25, -0.2) is 0 Å². The van der Waals surface area contributed by atoms with Crippen LogP contribution in [0.25, 0.3) is 0 Å². The average Bonchev–Trinajstić information content (AvgIpc) is 2.37. The second-order valence-electron chi connectivity index (χ2n) is 8.06. The molecule has 0 rings (SSSR count). The molecule has 3 N–H and O–H groups in total. The van der Waals surface area contributed by atoms with Gasteiger partial charge in [-0.05, 0) is 30.1 Å². The summed E-state index contributed by atoms with van der Waals surface area (Å²) in [7, 11) is -8.71. The molecule has 0 radical (unpaired) electrons. The summed E-state index contributed by atoms with van der Waals surface area (Å²) in [6.45, 7) is 11.5.